The Balaban J connectivity index is 4.43. The van der Waals surface area contributed by atoms with Crippen molar-refractivity contribution >= 4 is 0 Å². The van der Waals surface area contributed by atoms with Crippen molar-refractivity contribution in [1.82, 2.24) is 0 Å². The molecule has 0 bridgehead atoms. The summed E-state index contributed by atoms with van der Waals surface area (Å²) in [6, 6.07) is 0. The van der Waals surface area contributed by atoms with Crippen LogP contribution in [0.5, 0.6) is 0 Å². The molecule has 0 rings (SSSR count). The first-order valence-corrected chi connectivity index (χ1v) is 4.12. The molecule has 0 heterocycles. The fourth-order valence-corrected chi connectivity index (χ4v) is 0.938. The molecule has 3 N–H and O–H groups in total. The van der Waals surface area contributed by atoms with Gasteiger partial charge in [0.05, 0.1) is 6.10 Å². The third-order valence-corrected chi connectivity index (χ3v) is 1.86. The molecular formula is C9H16O3. The van der Waals surface area contributed by atoms with Crippen molar-refractivity contribution in [2.75, 3.05) is 6.61 Å². The maximum atomic E-state index is 9.68. The topological polar surface area (TPSA) is 60.7 Å². The molecule has 0 aliphatic heterocycles. The van der Waals surface area contributed by atoms with Crippen LogP contribution in [0.1, 0.15) is 26.7 Å². The third-order valence-electron chi connectivity index (χ3n) is 1.86. The SMILES string of the molecule is CCC(O)C(O)(C#CCO)CC. The third kappa shape index (κ3) is 2.82. The average Bonchev–Trinajstić information content (AvgIpc) is 2.12. The van der Waals surface area contributed by atoms with E-state index in [1.54, 1.807) is 13.8 Å². The van der Waals surface area contributed by atoms with Gasteiger partial charge in [0.25, 0.3) is 0 Å². The predicted octanol–water partition coefficient (Wildman–Crippen LogP) is -0.106. The van der Waals surface area contributed by atoms with Crippen LogP contribution in [0.3, 0.4) is 0 Å². The summed E-state index contributed by atoms with van der Waals surface area (Å²) in [5.74, 6) is 4.80. The lowest BCUT2D eigenvalue weighted by Crippen LogP contribution is -2.40. The molecule has 0 saturated carbocycles. The van der Waals surface area contributed by atoms with Gasteiger partial charge >= 0.3 is 0 Å². The minimum atomic E-state index is -1.36. The highest BCUT2D eigenvalue weighted by molar-refractivity contribution is 5.16. The average molecular weight is 172 g/mol. The van der Waals surface area contributed by atoms with E-state index < -0.39 is 11.7 Å². The van der Waals surface area contributed by atoms with Crippen LogP contribution in [0.15, 0.2) is 0 Å². The molecule has 0 amide bonds. The molecule has 3 nitrogen and oxygen atoms in total. The van der Waals surface area contributed by atoms with Crippen LogP contribution < -0.4 is 0 Å². The summed E-state index contributed by atoms with van der Waals surface area (Å²) in [5, 5.41) is 27.5. The van der Waals surface area contributed by atoms with Crippen LogP contribution in [0.25, 0.3) is 0 Å². The highest BCUT2D eigenvalue weighted by Gasteiger charge is 2.30. The van der Waals surface area contributed by atoms with Gasteiger partial charge < -0.3 is 15.3 Å². The van der Waals surface area contributed by atoms with E-state index >= 15 is 0 Å². The predicted molar refractivity (Wildman–Crippen MR) is 46.4 cm³/mol. The van der Waals surface area contributed by atoms with Crippen LogP contribution in [0.4, 0.5) is 0 Å². The van der Waals surface area contributed by atoms with Crippen LogP contribution >= 0.6 is 0 Å². The summed E-state index contributed by atoms with van der Waals surface area (Å²) in [7, 11) is 0. The van der Waals surface area contributed by atoms with Crippen LogP contribution in [-0.4, -0.2) is 33.6 Å². The van der Waals surface area contributed by atoms with Gasteiger partial charge in [-0.25, -0.2) is 0 Å². The lowest BCUT2D eigenvalue weighted by atomic mass is 9.92. The number of rotatable bonds is 3. The van der Waals surface area contributed by atoms with Crippen molar-refractivity contribution in [2.24, 2.45) is 0 Å². The number of hydrogen-bond donors (Lipinski definition) is 3. The monoisotopic (exact) mass is 172 g/mol. The molecule has 0 fully saturated rings. The number of aliphatic hydroxyl groups is 3. The Morgan fingerprint density at radius 1 is 1.42 bits per heavy atom. The van der Waals surface area contributed by atoms with E-state index in [1.807, 2.05) is 0 Å². The Bertz CT molecular complexity index is 180. The normalized spacial score (nSPS) is 17.4. The second-order valence-corrected chi connectivity index (χ2v) is 2.66. The molecule has 70 valence electrons. The first kappa shape index (κ1) is 11.4. The number of aliphatic hydroxyl groups excluding tert-OH is 2. The van der Waals surface area contributed by atoms with E-state index in [4.69, 9.17) is 5.11 Å². The molecule has 0 aromatic rings. The summed E-state index contributed by atoms with van der Waals surface area (Å²) in [4.78, 5) is 0. The standard InChI is InChI=1S/C9H16O3/c1-3-8(11)9(12,4-2)6-5-7-10/h8,10-12H,3-4,7H2,1-2H3. The van der Waals surface area contributed by atoms with E-state index in [9.17, 15) is 10.2 Å². The van der Waals surface area contributed by atoms with Gasteiger partial charge in [-0.05, 0) is 12.8 Å². The Hall–Kier alpha value is -0.560. The smallest absolute Gasteiger partial charge is 0.150 e. The molecule has 0 aromatic carbocycles. The van der Waals surface area contributed by atoms with Gasteiger partial charge in [0, 0.05) is 0 Å². The van der Waals surface area contributed by atoms with Gasteiger partial charge in [-0.3, -0.25) is 0 Å². The summed E-state index contributed by atoms with van der Waals surface area (Å²) in [6.07, 6.45) is -0.0408. The van der Waals surface area contributed by atoms with Gasteiger partial charge in [0.15, 0.2) is 5.60 Å². The zero-order valence-corrected chi connectivity index (χ0v) is 7.54. The molecule has 2 unspecified atom stereocenters. The second kappa shape index (κ2) is 5.15. The first-order chi connectivity index (χ1) is 5.60. The Kier molecular flexibility index (Phi) is 4.91. The minimum Gasteiger partial charge on any atom is -0.389 e. The van der Waals surface area contributed by atoms with E-state index in [0.29, 0.717) is 12.8 Å². The minimum absolute atomic E-state index is 0.293. The molecule has 2 atom stereocenters. The van der Waals surface area contributed by atoms with Crippen molar-refractivity contribution < 1.29 is 15.3 Å². The van der Waals surface area contributed by atoms with Gasteiger partial charge in [-0.2, -0.15) is 0 Å². The van der Waals surface area contributed by atoms with Crippen molar-refractivity contribution in [3.63, 3.8) is 0 Å². The molecule has 0 radical (unpaired) electrons. The summed E-state index contributed by atoms with van der Waals surface area (Å²) >= 11 is 0. The fraction of sp³-hybridized carbons (Fsp3) is 0.778. The molecule has 0 spiro atoms. The van der Waals surface area contributed by atoms with Crippen LogP contribution in [0, 0.1) is 11.8 Å². The van der Waals surface area contributed by atoms with Crippen molar-refractivity contribution in [3.8, 4) is 11.8 Å². The van der Waals surface area contributed by atoms with Crippen molar-refractivity contribution in [1.29, 1.82) is 0 Å². The molecule has 0 aliphatic carbocycles. The van der Waals surface area contributed by atoms with E-state index in [1.165, 1.54) is 0 Å². The highest BCUT2D eigenvalue weighted by Crippen LogP contribution is 2.16. The summed E-state index contributed by atoms with van der Waals surface area (Å²) in [5.41, 5.74) is -1.36. The maximum Gasteiger partial charge on any atom is 0.150 e. The van der Waals surface area contributed by atoms with Gasteiger partial charge in [0.1, 0.15) is 6.61 Å². The molecule has 0 saturated heterocycles. The largest absolute Gasteiger partial charge is 0.389 e. The Morgan fingerprint density at radius 3 is 2.33 bits per heavy atom. The van der Waals surface area contributed by atoms with Crippen molar-refractivity contribution in [3.05, 3.63) is 0 Å². The zero-order chi connectivity index (χ0) is 9.61. The molecule has 12 heavy (non-hydrogen) atoms. The summed E-state index contributed by atoms with van der Waals surface area (Å²) in [6.45, 7) is 3.22. The molecule has 0 aromatic heterocycles. The lowest BCUT2D eigenvalue weighted by molar-refractivity contribution is -0.0358. The summed E-state index contributed by atoms with van der Waals surface area (Å²) < 4.78 is 0. The van der Waals surface area contributed by atoms with Crippen molar-refractivity contribution in [2.45, 2.75) is 38.4 Å². The van der Waals surface area contributed by atoms with E-state index in [0.717, 1.165) is 0 Å². The highest BCUT2D eigenvalue weighted by atomic mass is 16.3. The molecule has 0 aliphatic rings. The van der Waals surface area contributed by atoms with Crippen LogP contribution in [0.2, 0.25) is 0 Å². The maximum absolute atomic E-state index is 9.68. The van der Waals surface area contributed by atoms with Crippen LogP contribution in [-0.2, 0) is 0 Å². The van der Waals surface area contributed by atoms with Gasteiger partial charge in [-0.15, -0.1) is 0 Å². The number of hydrogen-bond acceptors (Lipinski definition) is 3. The fourth-order valence-electron chi connectivity index (χ4n) is 0.938. The second-order valence-electron chi connectivity index (χ2n) is 2.66. The van der Waals surface area contributed by atoms with Gasteiger partial charge in [0.2, 0.25) is 0 Å². The molecular weight excluding hydrogens is 156 g/mol. The lowest BCUT2D eigenvalue weighted by Gasteiger charge is -2.25. The first-order valence-electron chi connectivity index (χ1n) is 4.12. The molecule has 3 heteroatoms. The Labute approximate surface area is 73.0 Å². The zero-order valence-electron chi connectivity index (χ0n) is 7.54. The van der Waals surface area contributed by atoms with Gasteiger partial charge in [-0.1, -0.05) is 25.7 Å². The van der Waals surface area contributed by atoms with E-state index in [-0.39, 0.29) is 6.61 Å². The quantitative estimate of drug-likeness (QED) is 0.521. The Morgan fingerprint density at radius 2 is 2.00 bits per heavy atom. The van der Waals surface area contributed by atoms with E-state index in [2.05, 4.69) is 11.8 Å².